The van der Waals surface area contributed by atoms with E-state index in [0.717, 1.165) is 52.7 Å². The molecule has 1 unspecified atom stereocenters. The van der Waals surface area contributed by atoms with Gasteiger partial charge in [0.2, 0.25) is 0 Å². The van der Waals surface area contributed by atoms with Crippen molar-refractivity contribution in [3.8, 4) is 5.75 Å². The molecule has 0 aliphatic carbocycles. The third kappa shape index (κ3) is 6.37. The number of ether oxygens (including phenoxy) is 2. The van der Waals surface area contributed by atoms with Crippen LogP contribution in [0, 0.1) is 5.92 Å². The summed E-state index contributed by atoms with van der Waals surface area (Å²) in [5, 5.41) is 11.5. The van der Waals surface area contributed by atoms with Gasteiger partial charge in [-0.2, -0.15) is 0 Å². The highest BCUT2D eigenvalue weighted by atomic mass is 16.5. The maximum atomic E-state index is 10.4. The van der Waals surface area contributed by atoms with E-state index in [0.29, 0.717) is 31.3 Å². The number of furan rings is 1. The van der Waals surface area contributed by atoms with Crippen LogP contribution >= 0.6 is 0 Å². The van der Waals surface area contributed by atoms with Gasteiger partial charge in [0.25, 0.3) is 0 Å². The van der Waals surface area contributed by atoms with Crippen molar-refractivity contribution in [3.63, 3.8) is 0 Å². The highest BCUT2D eigenvalue weighted by molar-refractivity contribution is 5.87. The molecule has 3 aromatic carbocycles. The van der Waals surface area contributed by atoms with Crippen molar-refractivity contribution in [2.45, 2.75) is 65.8 Å². The number of benzene rings is 3. The Labute approximate surface area is 214 Å². The van der Waals surface area contributed by atoms with Gasteiger partial charge in [-0.05, 0) is 41.5 Å². The molecule has 0 radical (unpaired) electrons. The summed E-state index contributed by atoms with van der Waals surface area (Å²) >= 11 is 0. The molecule has 0 aliphatic heterocycles. The number of rotatable bonds is 13. The predicted octanol–water partition coefficient (Wildman–Crippen LogP) is 7.80. The standard InChI is InChI=1S/C32H38O4/c1-4-11-26(21-34-19-24-12-7-5-8-13-24)30-22-36-32-28(30)17-27(16-23(2)3)31(29(32)18-33)35-20-25-14-9-6-10-15-25/h5-10,12-15,17,22-23,26,33H,4,11,16,18-21H2,1-3H3. The highest BCUT2D eigenvalue weighted by Crippen LogP contribution is 2.40. The minimum Gasteiger partial charge on any atom is -0.488 e. The normalized spacial score (nSPS) is 12.4. The molecule has 4 rings (SSSR count). The second kappa shape index (κ2) is 12.8. The molecule has 1 atom stereocenters. The zero-order chi connectivity index (χ0) is 25.3. The molecule has 190 valence electrons. The largest absolute Gasteiger partial charge is 0.488 e. The zero-order valence-corrected chi connectivity index (χ0v) is 21.7. The van der Waals surface area contributed by atoms with Crippen molar-refractivity contribution in [1.29, 1.82) is 0 Å². The van der Waals surface area contributed by atoms with Gasteiger partial charge in [-0.3, -0.25) is 0 Å². The van der Waals surface area contributed by atoms with E-state index in [4.69, 9.17) is 13.9 Å². The Morgan fingerprint density at radius 2 is 1.58 bits per heavy atom. The first kappa shape index (κ1) is 26.0. The first-order chi connectivity index (χ1) is 17.6. The lowest BCUT2D eigenvalue weighted by Gasteiger charge is -2.19. The van der Waals surface area contributed by atoms with E-state index in [2.05, 4.69) is 51.1 Å². The fourth-order valence-corrected chi connectivity index (χ4v) is 4.83. The Balaban J connectivity index is 1.65. The van der Waals surface area contributed by atoms with Crippen LogP contribution in [0.4, 0.5) is 0 Å². The highest BCUT2D eigenvalue weighted by Gasteiger charge is 2.23. The second-order valence-corrected chi connectivity index (χ2v) is 9.93. The van der Waals surface area contributed by atoms with Gasteiger partial charge in [0, 0.05) is 16.9 Å². The Kier molecular flexibility index (Phi) is 9.21. The van der Waals surface area contributed by atoms with Crippen molar-refractivity contribution in [2.24, 2.45) is 5.92 Å². The smallest absolute Gasteiger partial charge is 0.143 e. The van der Waals surface area contributed by atoms with E-state index < -0.39 is 0 Å². The molecule has 0 aliphatic rings. The molecule has 4 nitrogen and oxygen atoms in total. The molecular formula is C32H38O4. The molecule has 0 saturated heterocycles. The van der Waals surface area contributed by atoms with Crippen LogP contribution in [0.5, 0.6) is 5.75 Å². The first-order valence-corrected chi connectivity index (χ1v) is 13.1. The molecule has 0 spiro atoms. The van der Waals surface area contributed by atoms with Crippen molar-refractivity contribution >= 4 is 11.0 Å². The van der Waals surface area contributed by atoms with Gasteiger partial charge in [0.1, 0.15) is 17.9 Å². The Bertz CT molecular complexity index is 1210. The lowest BCUT2D eigenvalue weighted by atomic mass is 9.91. The summed E-state index contributed by atoms with van der Waals surface area (Å²) in [7, 11) is 0. The number of aliphatic hydroxyl groups is 1. The second-order valence-electron chi connectivity index (χ2n) is 9.93. The van der Waals surface area contributed by atoms with Crippen molar-refractivity contribution in [2.75, 3.05) is 6.61 Å². The molecule has 36 heavy (non-hydrogen) atoms. The minimum absolute atomic E-state index is 0.136. The van der Waals surface area contributed by atoms with Gasteiger partial charge in [0.15, 0.2) is 0 Å². The predicted molar refractivity (Wildman–Crippen MR) is 145 cm³/mol. The summed E-state index contributed by atoms with van der Waals surface area (Å²) < 4.78 is 18.6. The summed E-state index contributed by atoms with van der Waals surface area (Å²) in [5.41, 5.74) is 5.97. The van der Waals surface area contributed by atoms with Crippen molar-refractivity contribution in [3.05, 3.63) is 101 Å². The SMILES string of the molecule is CCCC(COCc1ccccc1)c1coc2c(CO)c(OCc3ccccc3)c(CC(C)C)cc12. The van der Waals surface area contributed by atoms with E-state index in [-0.39, 0.29) is 12.5 Å². The molecule has 0 amide bonds. The molecule has 0 bridgehead atoms. The molecular weight excluding hydrogens is 448 g/mol. The monoisotopic (exact) mass is 486 g/mol. The topological polar surface area (TPSA) is 51.8 Å². The molecule has 1 heterocycles. The minimum atomic E-state index is -0.136. The van der Waals surface area contributed by atoms with Crippen LogP contribution in [0.2, 0.25) is 0 Å². The van der Waals surface area contributed by atoms with Crippen LogP contribution in [0.3, 0.4) is 0 Å². The summed E-state index contributed by atoms with van der Waals surface area (Å²) in [6, 6.07) is 22.6. The summed E-state index contributed by atoms with van der Waals surface area (Å²) in [6.07, 6.45) is 4.77. The summed E-state index contributed by atoms with van der Waals surface area (Å²) in [4.78, 5) is 0. The van der Waals surface area contributed by atoms with Gasteiger partial charge >= 0.3 is 0 Å². The van der Waals surface area contributed by atoms with Crippen LogP contribution < -0.4 is 4.74 Å². The van der Waals surface area contributed by atoms with Gasteiger partial charge in [-0.15, -0.1) is 0 Å². The van der Waals surface area contributed by atoms with Crippen molar-refractivity contribution < 1.29 is 19.0 Å². The Morgan fingerprint density at radius 3 is 2.19 bits per heavy atom. The summed E-state index contributed by atoms with van der Waals surface area (Å²) in [5.74, 6) is 1.41. The average molecular weight is 487 g/mol. The number of hydrogen-bond donors (Lipinski definition) is 1. The van der Waals surface area contributed by atoms with Crippen LogP contribution in [0.25, 0.3) is 11.0 Å². The molecule has 0 fully saturated rings. The fraction of sp³-hybridized carbons (Fsp3) is 0.375. The maximum absolute atomic E-state index is 10.4. The number of fused-ring (bicyclic) bond motifs is 1. The molecule has 1 aromatic heterocycles. The van der Waals surface area contributed by atoms with Crippen molar-refractivity contribution in [1.82, 2.24) is 0 Å². The van der Waals surface area contributed by atoms with Crippen LogP contribution in [-0.2, 0) is 31.0 Å². The third-order valence-corrected chi connectivity index (χ3v) is 6.54. The van der Waals surface area contributed by atoms with Crippen LogP contribution in [0.1, 0.15) is 67.3 Å². The number of hydrogen-bond acceptors (Lipinski definition) is 4. The molecule has 4 aromatic rings. The zero-order valence-electron chi connectivity index (χ0n) is 21.7. The van der Waals surface area contributed by atoms with Crippen LogP contribution in [0.15, 0.2) is 77.4 Å². The van der Waals surface area contributed by atoms with Gasteiger partial charge in [-0.1, -0.05) is 87.9 Å². The lowest BCUT2D eigenvalue weighted by molar-refractivity contribution is 0.104. The van der Waals surface area contributed by atoms with E-state index in [1.807, 2.05) is 42.7 Å². The average Bonchev–Trinajstić information content (AvgIpc) is 3.31. The molecule has 4 heteroatoms. The van der Waals surface area contributed by atoms with Gasteiger partial charge in [-0.25, -0.2) is 0 Å². The lowest BCUT2D eigenvalue weighted by Crippen LogP contribution is -2.09. The third-order valence-electron chi connectivity index (χ3n) is 6.54. The van der Waals surface area contributed by atoms with E-state index in [1.165, 1.54) is 5.56 Å². The Hall–Kier alpha value is -3.08. The Morgan fingerprint density at radius 1 is 0.917 bits per heavy atom. The quantitative estimate of drug-likeness (QED) is 0.209. The van der Waals surface area contributed by atoms with Gasteiger partial charge in [0.05, 0.1) is 31.6 Å². The first-order valence-electron chi connectivity index (χ1n) is 13.1. The van der Waals surface area contributed by atoms with E-state index >= 15 is 0 Å². The molecule has 1 N–H and O–H groups in total. The van der Waals surface area contributed by atoms with E-state index in [1.54, 1.807) is 0 Å². The van der Waals surface area contributed by atoms with Crippen LogP contribution in [-0.4, -0.2) is 11.7 Å². The summed E-state index contributed by atoms with van der Waals surface area (Å²) in [6.45, 7) is 8.14. The van der Waals surface area contributed by atoms with Gasteiger partial charge < -0.3 is 19.0 Å². The molecule has 0 saturated carbocycles. The van der Waals surface area contributed by atoms with E-state index in [9.17, 15) is 5.11 Å². The fourth-order valence-electron chi connectivity index (χ4n) is 4.83. The number of aliphatic hydroxyl groups excluding tert-OH is 1. The maximum Gasteiger partial charge on any atom is 0.143 e.